The minimum Gasteiger partial charge on any atom is -0.330 e. The van der Waals surface area contributed by atoms with Crippen LogP contribution in [0.2, 0.25) is 0 Å². The second-order valence-electron chi connectivity index (χ2n) is 5.57. The molecule has 1 aromatic rings. The SMILES string of the molecule is CC1CCCC(C(=O)c2ccc(CCN)cc2)C1. The van der Waals surface area contributed by atoms with Crippen LogP contribution in [0.4, 0.5) is 0 Å². The van der Waals surface area contributed by atoms with Gasteiger partial charge in [0.05, 0.1) is 0 Å². The monoisotopic (exact) mass is 245 g/mol. The summed E-state index contributed by atoms with van der Waals surface area (Å²) in [6.45, 7) is 2.91. The van der Waals surface area contributed by atoms with E-state index in [9.17, 15) is 4.79 Å². The summed E-state index contributed by atoms with van der Waals surface area (Å²) >= 11 is 0. The standard InChI is InChI=1S/C16H23NO/c1-12-3-2-4-15(11-12)16(18)14-7-5-13(6-8-14)9-10-17/h5-8,12,15H,2-4,9-11,17H2,1H3. The van der Waals surface area contributed by atoms with Gasteiger partial charge in [-0.05, 0) is 37.3 Å². The summed E-state index contributed by atoms with van der Waals surface area (Å²) < 4.78 is 0. The Balaban J connectivity index is 2.03. The average Bonchev–Trinajstić information content (AvgIpc) is 2.39. The number of hydrogen-bond acceptors (Lipinski definition) is 2. The highest BCUT2D eigenvalue weighted by atomic mass is 16.1. The Morgan fingerprint density at radius 1 is 1.28 bits per heavy atom. The minimum atomic E-state index is 0.245. The van der Waals surface area contributed by atoms with E-state index in [1.807, 2.05) is 24.3 Å². The number of hydrogen-bond donors (Lipinski definition) is 1. The average molecular weight is 245 g/mol. The molecule has 0 aliphatic heterocycles. The first-order valence-corrected chi connectivity index (χ1v) is 7.04. The topological polar surface area (TPSA) is 43.1 Å². The number of carbonyl (C=O) groups excluding carboxylic acids is 1. The van der Waals surface area contributed by atoms with Crippen molar-refractivity contribution < 1.29 is 4.79 Å². The van der Waals surface area contributed by atoms with E-state index in [0.717, 1.165) is 24.8 Å². The second kappa shape index (κ2) is 6.14. The molecule has 1 aliphatic rings. The van der Waals surface area contributed by atoms with Gasteiger partial charge in [-0.1, -0.05) is 44.0 Å². The Labute approximate surface area is 110 Å². The van der Waals surface area contributed by atoms with Crippen molar-refractivity contribution in [3.63, 3.8) is 0 Å². The molecular weight excluding hydrogens is 222 g/mol. The highest BCUT2D eigenvalue weighted by Crippen LogP contribution is 2.30. The summed E-state index contributed by atoms with van der Waals surface area (Å²) in [6.07, 6.45) is 5.48. The van der Waals surface area contributed by atoms with Crippen LogP contribution in [-0.2, 0) is 6.42 Å². The molecule has 0 aromatic heterocycles. The normalized spacial score (nSPS) is 23.9. The lowest BCUT2D eigenvalue weighted by atomic mass is 9.79. The van der Waals surface area contributed by atoms with Crippen molar-refractivity contribution in [2.45, 2.75) is 39.0 Å². The zero-order chi connectivity index (χ0) is 13.0. The first kappa shape index (κ1) is 13.3. The fourth-order valence-corrected chi connectivity index (χ4v) is 2.91. The van der Waals surface area contributed by atoms with E-state index < -0.39 is 0 Å². The maximum absolute atomic E-state index is 12.4. The number of benzene rings is 1. The van der Waals surface area contributed by atoms with Crippen LogP contribution in [0.1, 0.15) is 48.5 Å². The predicted molar refractivity (Wildman–Crippen MR) is 74.7 cm³/mol. The Morgan fingerprint density at radius 2 is 2.00 bits per heavy atom. The molecule has 0 spiro atoms. The van der Waals surface area contributed by atoms with Gasteiger partial charge in [0.15, 0.2) is 5.78 Å². The molecule has 2 nitrogen and oxygen atoms in total. The summed E-state index contributed by atoms with van der Waals surface area (Å²) in [7, 11) is 0. The first-order chi connectivity index (χ1) is 8.70. The van der Waals surface area contributed by atoms with Crippen molar-refractivity contribution in [1.82, 2.24) is 0 Å². The van der Waals surface area contributed by atoms with Crippen LogP contribution in [0, 0.1) is 11.8 Å². The number of ketones is 1. The Kier molecular flexibility index (Phi) is 4.54. The number of nitrogens with two attached hydrogens (primary N) is 1. The van der Waals surface area contributed by atoms with E-state index in [1.54, 1.807) is 0 Å². The summed E-state index contributed by atoms with van der Waals surface area (Å²) in [6, 6.07) is 8.00. The highest BCUT2D eigenvalue weighted by molar-refractivity contribution is 5.97. The van der Waals surface area contributed by atoms with E-state index in [0.29, 0.717) is 18.2 Å². The van der Waals surface area contributed by atoms with Gasteiger partial charge in [-0.2, -0.15) is 0 Å². The number of rotatable bonds is 4. The van der Waals surface area contributed by atoms with Crippen LogP contribution in [0.3, 0.4) is 0 Å². The molecule has 0 heterocycles. The maximum atomic E-state index is 12.4. The van der Waals surface area contributed by atoms with E-state index in [-0.39, 0.29) is 5.92 Å². The summed E-state index contributed by atoms with van der Waals surface area (Å²) in [5.74, 6) is 1.28. The first-order valence-electron chi connectivity index (χ1n) is 7.04. The van der Waals surface area contributed by atoms with E-state index in [1.165, 1.54) is 18.4 Å². The Morgan fingerprint density at radius 3 is 2.61 bits per heavy atom. The molecule has 2 unspecified atom stereocenters. The molecule has 0 radical (unpaired) electrons. The molecule has 1 aliphatic carbocycles. The summed E-state index contributed by atoms with van der Waals surface area (Å²) in [5.41, 5.74) is 7.61. The van der Waals surface area contributed by atoms with Crippen LogP contribution in [0.5, 0.6) is 0 Å². The molecule has 0 amide bonds. The third-order valence-electron chi connectivity index (χ3n) is 3.98. The molecular formula is C16H23NO. The molecule has 1 aromatic carbocycles. The fraction of sp³-hybridized carbons (Fsp3) is 0.562. The van der Waals surface area contributed by atoms with Crippen LogP contribution in [0.25, 0.3) is 0 Å². The highest BCUT2D eigenvalue weighted by Gasteiger charge is 2.25. The number of Topliss-reactive ketones (excluding diaryl/α,β-unsaturated/α-hetero) is 1. The lowest BCUT2D eigenvalue weighted by Crippen LogP contribution is -2.21. The van der Waals surface area contributed by atoms with Gasteiger partial charge in [-0.25, -0.2) is 0 Å². The molecule has 2 heteroatoms. The molecule has 2 rings (SSSR count). The lowest BCUT2D eigenvalue weighted by Gasteiger charge is -2.25. The quantitative estimate of drug-likeness (QED) is 0.828. The lowest BCUT2D eigenvalue weighted by molar-refractivity contribution is 0.0868. The Hall–Kier alpha value is -1.15. The predicted octanol–water partition coefficient (Wildman–Crippen LogP) is 3.20. The van der Waals surface area contributed by atoms with Gasteiger partial charge in [-0.15, -0.1) is 0 Å². The number of carbonyl (C=O) groups is 1. The van der Waals surface area contributed by atoms with Crippen molar-refractivity contribution in [3.05, 3.63) is 35.4 Å². The molecule has 1 saturated carbocycles. The van der Waals surface area contributed by atoms with Gasteiger partial charge in [0.25, 0.3) is 0 Å². The van der Waals surface area contributed by atoms with Gasteiger partial charge in [0.2, 0.25) is 0 Å². The van der Waals surface area contributed by atoms with Crippen LogP contribution in [0.15, 0.2) is 24.3 Å². The van der Waals surface area contributed by atoms with Crippen LogP contribution in [-0.4, -0.2) is 12.3 Å². The maximum Gasteiger partial charge on any atom is 0.165 e. The van der Waals surface area contributed by atoms with Crippen LogP contribution < -0.4 is 5.73 Å². The zero-order valence-corrected chi connectivity index (χ0v) is 11.2. The van der Waals surface area contributed by atoms with E-state index >= 15 is 0 Å². The fourth-order valence-electron chi connectivity index (χ4n) is 2.91. The van der Waals surface area contributed by atoms with Gasteiger partial charge in [0.1, 0.15) is 0 Å². The molecule has 1 fully saturated rings. The van der Waals surface area contributed by atoms with E-state index in [4.69, 9.17) is 5.73 Å². The van der Waals surface area contributed by atoms with E-state index in [2.05, 4.69) is 6.92 Å². The Bertz CT molecular complexity index is 396. The molecule has 0 bridgehead atoms. The largest absolute Gasteiger partial charge is 0.330 e. The molecule has 98 valence electrons. The molecule has 18 heavy (non-hydrogen) atoms. The zero-order valence-electron chi connectivity index (χ0n) is 11.2. The summed E-state index contributed by atoms with van der Waals surface area (Å²) in [5, 5.41) is 0. The minimum absolute atomic E-state index is 0.245. The third kappa shape index (κ3) is 3.20. The van der Waals surface area contributed by atoms with Gasteiger partial charge in [-0.3, -0.25) is 4.79 Å². The third-order valence-corrected chi connectivity index (χ3v) is 3.98. The van der Waals surface area contributed by atoms with Crippen molar-refractivity contribution in [2.24, 2.45) is 17.6 Å². The van der Waals surface area contributed by atoms with Gasteiger partial charge >= 0.3 is 0 Å². The van der Waals surface area contributed by atoms with Gasteiger partial charge in [0, 0.05) is 11.5 Å². The molecule has 2 atom stereocenters. The smallest absolute Gasteiger partial charge is 0.165 e. The van der Waals surface area contributed by atoms with Crippen molar-refractivity contribution in [1.29, 1.82) is 0 Å². The van der Waals surface area contributed by atoms with Crippen LogP contribution >= 0.6 is 0 Å². The van der Waals surface area contributed by atoms with Crippen molar-refractivity contribution in [3.8, 4) is 0 Å². The second-order valence-corrected chi connectivity index (χ2v) is 5.57. The molecule has 0 saturated heterocycles. The molecule has 2 N–H and O–H groups in total. The van der Waals surface area contributed by atoms with Gasteiger partial charge < -0.3 is 5.73 Å². The summed E-state index contributed by atoms with van der Waals surface area (Å²) in [4.78, 5) is 12.4. The van der Waals surface area contributed by atoms with Crippen molar-refractivity contribution in [2.75, 3.05) is 6.54 Å². The van der Waals surface area contributed by atoms with Crippen molar-refractivity contribution >= 4 is 5.78 Å².